The first-order valence-electron chi connectivity index (χ1n) is 5.16. The molecule has 1 atom stereocenters. The third-order valence-corrected chi connectivity index (χ3v) is 3.01. The fraction of sp³-hybridized carbons (Fsp3) is 0.545. The molecule has 0 bridgehead atoms. The van der Waals surface area contributed by atoms with Gasteiger partial charge in [-0.1, -0.05) is 11.6 Å². The second-order valence-corrected chi connectivity index (χ2v) is 4.74. The van der Waals surface area contributed by atoms with Crippen LogP contribution in [0.1, 0.15) is 19.8 Å². The molecule has 0 spiro atoms. The average molecular weight is 227 g/mol. The molecule has 4 heteroatoms. The summed E-state index contributed by atoms with van der Waals surface area (Å²) in [5.41, 5.74) is -0.626. The predicted octanol–water partition coefficient (Wildman–Crippen LogP) is 2.09. The summed E-state index contributed by atoms with van der Waals surface area (Å²) in [5.74, 6) is 0.777. The molecule has 1 N–H and O–H groups in total. The van der Waals surface area contributed by atoms with Crippen molar-refractivity contribution in [3.05, 3.63) is 23.4 Å². The van der Waals surface area contributed by atoms with Crippen LogP contribution >= 0.6 is 11.6 Å². The normalized spacial score (nSPS) is 26.7. The number of β-amino-alcohol motifs (C(OH)–C–C–N with tert-alkyl or cyclic N) is 1. The lowest BCUT2D eigenvalue weighted by Gasteiger charge is -2.37. The van der Waals surface area contributed by atoms with Crippen LogP contribution in [0.3, 0.4) is 0 Å². The van der Waals surface area contributed by atoms with Crippen LogP contribution in [0.25, 0.3) is 0 Å². The number of anilines is 1. The summed E-state index contributed by atoms with van der Waals surface area (Å²) in [6, 6.07) is 3.64. The summed E-state index contributed by atoms with van der Waals surface area (Å²) >= 11 is 6.06. The second-order valence-electron chi connectivity index (χ2n) is 4.33. The maximum absolute atomic E-state index is 9.98. The third-order valence-electron chi connectivity index (χ3n) is 2.71. The van der Waals surface area contributed by atoms with Gasteiger partial charge in [-0.25, -0.2) is 4.98 Å². The van der Waals surface area contributed by atoms with E-state index in [-0.39, 0.29) is 0 Å². The predicted molar refractivity (Wildman–Crippen MR) is 61.3 cm³/mol. The summed E-state index contributed by atoms with van der Waals surface area (Å²) in [4.78, 5) is 6.30. The van der Waals surface area contributed by atoms with E-state index in [9.17, 15) is 5.11 Å². The van der Waals surface area contributed by atoms with Crippen molar-refractivity contribution in [3.8, 4) is 0 Å². The molecule has 1 aliphatic heterocycles. The van der Waals surface area contributed by atoms with Gasteiger partial charge in [-0.2, -0.15) is 0 Å². The van der Waals surface area contributed by atoms with Crippen molar-refractivity contribution < 1.29 is 5.11 Å². The van der Waals surface area contributed by atoms with Crippen LogP contribution in [0.4, 0.5) is 5.82 Å². The highest BCUT2D eigenvalue weighted by molar-refractivity contribution is 6.32. The van der Waals surface area contributed by atoms with Gasteiger partial charge in [0.1, 0.15) is 5.82 Å². The number of aliphatic hydroxyl groups is 1. The fourth-order valence-corrected chi connectivity index (χ4v) is 2.25. The maximum Gasteiger partial charge on any atom is 0.147 e. The standard InChI is InChI=1S/C11H15ClN2O/c1-11(15)5-3-7-14(8-11)10-9(12)4-2-6-13-10/h2,4,6,15H,3,5,7-8H2,1H3. The molecule has 2 heterocycles. The Labute approximate surface area is 94.7 Å². The summed E-state index contributed by atoms with van der Waals surface area (Å²) in [6.07, 6.45) is 3.54. The lowest BCUT2D eigenvalue weighted by Crippen LogP contribution is -2.46. The zero-order chi connectivity index (χ0) is 10.9. The topological polar surface area (TPSA) is 36.4 Å². The molecule has 0 amide bonds. The molecular formula is C11H15ClN2O. The van der Waals surface area contributed by atoms with Gasteiger partial charge in [-0.05, 0) is 31.9 Å². The van der Waals surface area contributed by atoms with Gasteiger partial charge in [0.15, 0.2) is 0 Å². The number of pyridine rings is 1. The molecule has 82 valence electrons. The van der Waals surface area contributed by atoms with Crippen LogP contribution in [-0.2, 0) is 0 Å². The summed E-state index contributed by atoms with van der Waals surface area (Å²) < 4.78 is 0. The van der Waals surface area contributed by atoms with Gasteiger partial charge in [-0.3, -0.25) is 0 Å². The lowest BCUT2D eigenvalue weighted by atomic mass is 9.95. The van der Waals surface area contributed by atoms with Crippen molar-refractivity contribution in [2.24, 2.45) is 0 Å². The van der Waals surface area contributed by atoms with Gasteiger partial charge < -0.3 is 10.0 Å². The Morgan fingerprint density at radius 2 is 2.40 bits per heavy atom. The van der Waals surface area contributed by atoms with E-state index in [1.54, 1.807) is 6.20 Å². The van der Waals surface area contributed by atoms with E-state index >= 15 is 0 Å². The molecule has 1 saturated heterocycles. The zero-order valence-electron chi connectivity index (χ0n) is 8.78. The largest absolute Gasteiger partial charge is 0.388 e. The SMILES string of the molecule is CC1(O)CCCN(c2ncccc2Cl)C1. The molecule has 0 aromatic carbocycles. The molecule has 1 aromatic heterocycles. The molecule has 1 fully saturated rings. The Morgan fingerprint density at radius 3 is 3.07 bits per heavy atom. The Balaban J connectivity index is 2.21. The average Bonchev–Trinajstić information content (AvgIpc) is 2.17. The minimum atomic E-state index is -0.626. The van der Waals surface area contributed by atoms with Gasteiger partial charge in [-0.15, -0.1) is 0 Å². The number of nitrogens with zero attached hydrogens (tertiary/aromatic N) is 2. The van der Waals surface area contributed by atoms with Crippen LogP contribution in [0.5, 0.6) is 0 Å². The molecule has 3 nitrogen and oxygen atoms in total. The van der Waals surface area contributed by atoms with Crippen LogP contribution in [0.2, 0.25) is 5.02 Å². The minimum Gasteiger partial charge on any atom is -0.388 e. The molecule has 1 unspecified atom stereocenters. The quantitative estimate of drug-likeness (QED) is 0.797. The summed E-state index contributed by atoms with van der Waals surface area (Å²) in [5, 5.41) is 10.6. The van der Waals surface area contributed by atoms with E-state index in [0.717, 1.165) is 25.2 Å². The maximum atomic E-state index is 9.98. The van der Waals surface area contributed by atoms with E-state index in [0.29, 0.717) is 11.6 Å². The Bertz CT molecular complexity index is 354. The number of halogens is 1. The Kier molecular flexibility index (Phi) is 2.85. The van der Waals surface area contributed by atoms with Crippen molar-refractivity contribution >= 4 is 17.4 Å². The molecule has 1 aliphatic rings. The van der Waals surface area contributed by atoms with Crippen molar-refractivity contribution in [3.63, 3.8) is 0 Å². The van der Waals surface area contributed by atoms with Crippen molar-refractivity contribution in [2.75, 3.05) is 18.0 Å². The van der Waals surface area contributed by atoms with Gasteiger partial charge >= 0.3 is 0 Å². The summed E-state index contributed by atoms with van der Waals surface area (Å²) in [7, 11) is 0. The highest BCUT2D eigenvalue weighted by Gasteiger charge is 2.29. The number of aromatic nitrogens is 1. The van der Waals surface area contributed by atoms with E-state index in [1.807, 2.05) is 24.0 Å². The van der Waals surface area contributed by atoms with E-state index < -0.39 is 5.60 Å². The van der Waals surface area contributed by atoms with Crippen LogP contribution in [0.15, 0.2) is 18.3 Å². The second kappa shape index (κ2) is 3.99. The zero-order valence-corrected chi connectivity index (χ0v) is 9.54. The highest BCUT2D eigenvalue weighted by atomic mass is 35.5. The Hall–Kier alpha value is -0.800. The van der Waals surface area contributed by atoms with E-state index in [4.69, 9.17) is 11.6 Å². The first-order valence-corrected chi connectivity index (χ1v) is 5.54. The van der Waals surface area contributed by atoms with Gasteiger partial charge in [0.05, 0.1) is 10.6 Å². The summed E-state index contributed by atoms with van der Waals surface area (Å²) in [6.45, 7) is 3.37. The van der Waals surface area contributed by atoms with Crippen molar-refractivity contribution in [1.82, 2.24) is 4.98 Å². The molecule has 15 heavy (non-hydrogen) atoms. The van der Waals surface area contributed by atoms with Gasteiger partial charge in [0.2, 0.25) is 0 Å². The Morgan fingerprint density at radius 1 is 1.60 bits per heavy atom. The van der Waals surface area contributed by atoms with Crippen molar-refractivity contribution in [1.29, 1.82) is 0 Å². The number of hydrogen-bond donors (Lipinski definition) is 1. The molecule has 0 aliphatic carbocycles. The third kappa shape index (κ3) is 2.41. The number of hydrogen-bond acceptors (Lipinski definition) is 3. The fourth-order valence-electron chi connectivity index (χ4n) is 2.01. The number of piperidine rings is 1. The number of rotatable bonds is 1. The highest BCUT2D eigenvalue weighted by Crippen LogP contribution is 2.28. The smallest absolute Gasteiger partial charge is 0.147 e. The van der Waals surface area contributed by atoms with Crippen LogP contribution in [0, 0.1) is 0 Å². The monoisotopic (exact) mass is 226 g/mol. The van der Waals surface area contributed by atoms with Crippen LogP contribution in [-0.4, -0.2) is 28.8 Å². The van der Waals surface area contributed by atoms with E-state index in [1.165, 1.54) is 0 Å². The molecule has 0 saturated carbocycles. The molecular weight excluding hydrogens is 212 g/mol. The lowest BCUT2D eigenvalue weighted by molar-refractivity contribution is 0.0447. The molecule has 0 radical (unpaired) electrons. The van der Waals surface area contributed by atoms with Crippen LogP contribution < -0.4 is 4.90 Å². The minimum absolute atomic E-state index is 0.601. The van der Waals surface area contributed by atoms with Crippen molar-refractivity contribution in [2.45, 2.75) is 25.4 Å². The molecule has 1 aromatic rings. The first-order chi connectivity index (χ1) is 7.08. The van der Waals surface area contributed by atoms with Gasteiger partial charge in [0.25, 0.3) is 0 Å². The molecule has 2 rings (SSSR count). The van der Waals surface area contributed by atoms with Gasteiger partial charge in [0, 0.05) is 19.3 Å². The van der Waals surface area contributed by atoms with E-state index in [2.05, 4.69) is 4.98 Å². The first kappa shape index (κ1) is 10.7.